The fourth-order valence-corrected chi connectivity index (χ4v) is 3.95. The van der Waals surface area contributed by atoms with Gasteiger partial charge in [0.1, 0.15) is 11.5 Å². The summed E-state index contributed by atoms with van der Waals surface area (Å²) in [5, 5.41) is 3.00. The molecule has 1 N–H and O–H groups in total. The Morgan fingerprint density at radius 1 is 1.07 bits per heavy atom. The van der Waals surface area contributed by atoms with Gasteiger partial charge >= 0.3 is 6.03 Å². The summed E-state index contributed by atoms with van der Waals surface area (Å²) >= 11 is 3.49. The lowest BCUT2D eigenvalue weighted by molar-refractivity contribution is 0.181. The van der Waals surface area contributed by atoms with Crippen LogP contribution in [0.3, 0.4) is 0 Å². The number of hydrogen-bond donors (Lipinski definition) is 1. The van der Waals surface area contributed by atoms with Crippen LogP contribution in [0.1, 0.15) is 17.3 Å². The van der Waals surface area contributed by atoms with Gasteiger partial charge in [0, 0.05) is 35.5 Å². The second-order valence-electron chi connectivity index (χ2n) is 6.77. The van der Waals surface area contributed by atoms with Crippen molar-refractivity contribution in [3.63, 3.8) is 0 Å². The lowest BCUT2D eigenvalue weighted by Crippen LogP contribution is -2.44. The van der Waals surface area contributed by atoms with Crippen LogP contribution in [0.2, 0.25) is 0 Å². The number of urea groups is 1. The van der Waals surface area contributed by atoms with Gasteiger partial charge in [-0.25, -0.2) is 4.79 Å². The van der Waals surface area contributed by atoms with E-state index in [1.54, 1.807) is 32.4 Å². The maximum absolute atomic E-state index is 13.3. The number of fused-ring (bicyclic) bond motifs is 1. The number of halogens is 1. The SMILES string of the molecule is COc1ccc(NC(=O)N2CCn3cccc3[C@@H]2c2ccc(Br)cc2)c(OC)c1. The summed E-state index contributed by atoms with van der Waals surface area (Å²) in [6.07, 6.45) is 2.06. The average Bonchev–Trinajstić information content (AvgIpc) is 3.23. The average molecular weight is 456 g/mol. The zero-order valence-corrected chi connectivity index (χ0v) is 17.8. The van der Waals surface area contributed by atoms with Gasteiger partial charge < -0.3 is 24.3 Å². The van der Waals surface area contributed by atoms with Crippen LogP contribution < -0.4 is 14.8 Å². The summed E-state index contributed by atoms with van der Waals surface area (Å²) in [6, 6.07) is 17.2. The molecule has 2 aromatic carbocycles. The normalized spacial score (nSPS) is 15.6. The summed E-state index contributed by atoms with van der Waals surface area (Å²) in [7, 11) is 3.17. The number of hydrogen-bond acceptors (Lipinski definition) is 3. The number of amides is 2. The molecule has 0 saturated carbocycles. The van der Waals surface area contributed by atoms with E-state index >= 15 is 0 Å². The van der Waals surface area contributed by atoms with Crippen molar-refractivity contribution in [3.8, 4) is 11.5 Å². The van der Waals surface area contributed by atoms with Crippen LogP contribution in [0, 0.1) is 0 Å². The molecule has 0 bridgehead atoms. The van der Waals surface area contributed by atoms with Crippen molar-refractivity contribution in [2.45, 2.75) is 12.6 Å². The Balaban J connectivity index is 1.66. The van der Waals surface area contributed by atoms with Crippen molar-refractivity contribution in [1.82, 2.24) is 9.47 Å². The first-order valence-corrected chi connectivity index (χ1v) is 10.1. The standard InChI is InChI=1S/C22H22BrN3O3/c1-28-17-9-10-18(20(14-17)29-2)24-22(27)26-13-12-25-11-3-4-19(25)21(26)15-5-7-16(23)8-6-15/h3-11,14,21H,12-13H2,1-2H3,(H,24,27)/t21-/m0/s1. The Labute approximate surface area is 178 Å². The number of nitrogens with one attached hydrogen (secondary N) is 1. The van der Waals surface area contributed by atoms with Gasteiger partial charge in [0.15, 0.2) is 0 Å². The smallest absolute Gasteiger partial charge is 0.322 e. The summed E-state index contributed by atoms with van der Waals surface area (Å²) in [5.74, 6) is 1.22. The van der Waals surface area contributed by atoms with Gasteiger partial charge in [-0.15, -0.1) is 0 Å². The Morgan fingerprint density at radius 2 is 1.86 bits per heavy atom. The van der Waals surface area contributed by atoms with Crippen molar-refractivity contribution < 1.29 is 14.3 Å². The van der Waals surface area contributed by atoms with Crippen molar-refractivity contribution in [2.24, 2.45) is 0 Å². The molecule has 0 spiro atoms. The minimum Gasteiger partial charge on any atom is -0.497 e. The zero-order chi connectivity index (χ0) is 20.4. The van der Waals surface area contributed by atoms with E-state index in [2.05, 4.69) is 38.1 Å². The van der Waals surface area contributed by atoms with E-state index in [1.807, 2.05) is 35.2 Å². The highest BCUT2D eigenvalue weighted by Gasteiger charge is 2.32. The monoisotopic (exact) mass is 455 g/mol. The van der Waals surface area contributed by atoms with E-state index < -0.39 is 0 Å². The highest BCUT2D eigenvalue weighted by atomic mass is 79.9. The molecule has 1 aliphatic rings. The second kappa shape index (κ2) is 8.21. The molecule has 4 rings (SSSR count). The highest BCUT2D eigenvalue weighted by Crippen LogP contribution is 2.35. The van der Waals surface area contributed by atoms with Crippen molar-refractivity contribution in [3.05, 3.63) is 76.5 Å². The van der Waals surface area contributed by atoms with Gasteiger partial charge in [0.05, 0.1) is 25.9 Å². The predicted molar refractivity (Wildman–Crippen MR) is 116 cm³/mol. The zero-order valence-electron chi connectivity index (χ0n) is 16.3. The molecule has 1 aromatic heterocycles. The van der Waals surface area contributed by atoms with Crippen LogP contribution in [0.4, 0.5) is 10.5 Å². The van der Waals surface area contributed by atoms with Gasteiger partial charge in [0.25, 0.3) is 0 Å². The minimum atomic E-state index is -0.172. The Bertz CT molecular complexity index is 1020. The van der Waals surface area contributed by atoms with Crippen LogP contribution in [-0.2, 0) is 6.54 Å². The molecular weight excluding hydrogens is 434 g/mol. The number of ether oxygens (including phenoxy) is 2. The third kappa shape index (κ3) is 3.82. The Hall–Kier alpha value is -2.93. The molecule has 29 heavy (non-hydrogen) atoms. The number of rotatable bonds is 4. The van der Waals surface area contributed by atoms with Crippen molar-refractivity contribution >= 4 is 27.6 Å². The van der Waals surface area contributed by atoms with Gasteiger partial charge in [0.2, 0.25) is 0 Å². The third-order valence-electron chi connectivity index (χ3n) is 5.14. The van der Waals surface area contributed by atoms with Crippen molar-refractivity contribution in [1.29, 1.82) is 0 Å². The number of aromatic nitrogens is 1. The molecular formula is C22H22BrN3O3. The predicted octanol–water partition coefficient (Wildman–Crippen LogP) is 4.90. The Kier molecular flexibility index (Phi) is 5.49. The lowest BCUT2D eigenvalue weighted by Gasteiger charge is -2.37. The fourth-order valence-electron chi connectivity index (χ4n) is 3.69. The number of benzene rings is 2. The van der Waals surface area contributed by atoms with E-state index in [-0.39, 0.29) is 12.1 Å². The topological polar surface area (TPSA) is 55.7 Å². The molecule has 0 aliphatic carbocycles. The molecule has 2 amide bonds. The highest BCUT2D eigenvalue weighted by molar-refractivity contribution is 9.10. The maximum Gasteiger partial charge on any atom is 0.322 e. The van der Waals surface area contributed by atoms with E-state index in [4.69, 9.17) is 9.47 Å². The van der Waals surface area contributed by atoms with Crippen LogP contribution >= 0.6 is 15.9 Å². The van der Waals surface area contributed by atoms with Crippen molar-refractivity contribution in [2.75, 3.05) is 26.1 Å². The van der Waals surface area contributed by atoms with Gasteiger partial charge in [-0.2, -0.15) is 0 Å². The van der Waals surface area contributed by atoms with Crippen LogP contribution in [-0.4, -0.2) is 36.3 Å². The molecule has 6 nitrogen and oxygen atoms in total. The van der Waals surface area contributed by atoms with E-state index in [9.17, 15) is 4.79 Å². The van der Waals surface area contributed by atoms with Crippen LogP contribution in [0.5, 0.6) is 11.5 Å². The number of methoxy groups -OCH3 is 2. The maximum atomic E-state index is 13.3. The van der Waals surface area contributed by atoms with Gasteiger partial charge in [-0.05, 0) is 42.0 Å². The van der Waals surface area contributed by atoms with Crippen LogP contribution in [0.15, 0.2) is 65.3 Å². The fraction of sp³-hybridized carbons (Fsp3) is 0.227. The summed E-state index contributed by atoms with van der Waals surface area (Å²) < 4.78 is 13.9. The summed E-state index contributed by atoms with van der Waals surface area (Å²) in [4.78, 5) is 15.1. The first-order valence-electron chi connectivity index (χ1n) is 9.31. The molecule has 3 aromatic rings. The number of nitrogens with zero attached hydrogens (tertiary/aromatic N) is 2. The number of anilines is 1. The van der Waals surface area contributed by atoms with E-state index in [0.29, 0.717) is 23.7 Å². The molecule has 7 heteroatoms. The quantitative estimate of drug-likeness (QED) is 0.608. The first kappa shape index (κ1) is 19.4. The number of carbonyl (C=O) groups excluding carboxylic acids is 1. The lowest BCUT2D eigenvalue weighted by atomic mass is 10.0. The third-order valence-corrected chi connectivity index (χ3v) is 5.66. The molecule has 0 radical (unpaired) electrons. The minimum absolute atomic E-state index is 0.170. The van der Waals surface area contributed by atoms with Gasteiger partial charge in [-0.3, -0.25) is 0 Å². The molecule has 1 aliphatic heterocycles. The van der Waals surface area contributed by atoms with Crippen LogP contribution in [0.25, 0.3) is 0 Å². The molecule has 0 saturated heterocycles. The first-order chi connectivity index (χ1) is 14.1. The Morgan fingerprint density at radius 3 is 2.59 bits per heavy atom. The van der Waals surface area contributed by atoms with Gasteiger partial charge in [-0.1, -0.05) is 28.1 Å². The van der Waals surface area contributed by atoms with E-state index in [0.717, 1.165) is 22.3 Å². The molecule has 2 heterocycles. The molecule has 1 atom stereocenters. The molecule has 150 valence electrons. The summed E-state index contributed by atoms with van der Waals surface area (Å²) in [6.45, 7) is 1.36. The second-order valence-corrected chi connectivity index (χ2v) is 7.69. The number of carbonyl (C=O) groups is 1. The summed E-state index contributed by atoms with van der Waals surface area (Å²) in [5.41, 5.74) is 2.76. The van der Waals surface area contributed by atoms with E-state index in [1.165, 1.54) is 0 Å². The molecule has 0 unspecified atom stereocenters. The largest absolute Gasteiger partial charge is 0.497 e. The molecule has 0 fully saturated rings.